The number of benzene rings is 1. The molecule has 2 heterocycles. The van der Waals surface area contributed by atoms with Crippen molar-refractivity contribution in [3.8, 4) is 5.75 Å². The van der Waals surface area contributed by atoms with E-state index >= 15 is 0 Å². The zero-order valence-electron chi connectivity index (χ0n) is 15.2. The Balaban J connectivity index is 1.68. The van der Waals surface area contributed by atoms with Gasteiger partial charge in [-0.1, -0.05) is 12.1 Å². The number of aryl methyl sites for hydroxylation is 1. The van der Waals surface area contributed by atoms with Gasteiger partial charge in [0, 0.05) is 24.6 Å². The Morgan fingerprint density at radius 2 is 1.89 bits per heavy atom. The van der Waals surface area contributed by atoms with Crippen LogP contribution in [0.4, 0.5) is 0 Å². The number of hydrogen-bond donors (Lipinski definition) is 2. The van der Waals surface area contributed by atoms with Gasteiger partial charge in [0.15, 0.2) is 0 Å². The topological polar surface area (TPSA) is 103 Å². The van der Waals surface area contributed by atoms with Gasteiger partial charge in [0.25, 0.3) is 5.56 Å². The molecule has 2 N–H and O–H groups in total. The fourth-order valence-corrected chi connectivity index (χ4v) is 3.69. The molecule has 8 nitrogen and oxygen atoms in total. The summed E-state index contributed by atoms with van der Waals surface area (Å²) in [5.74, 6) is 0.689. The number of aromatic nitrogens is 2. The minimum Gasteiger partial charge on any atom is -0.497 e. The van der Waals surface area contributed by atoms with E-state index in [-0.39, 0.29) is 18.5 Å². The molecule has 27 heavy (non-hydrogen) atoms. The number of aliphatic hydroxyl groups excluding tert-OH is 2. The quantitative estimate of drug-likeness (QED) is 0.790. The number of nitrogens with zero attached hydrogens (tertiary/aromatic N) is 2. The highest BCUT2D eigenvalue weighted by Crippen LogP contribution is 2.52. The van der Waals surface area contributed by atoms with Crippen LogP contribution >= 0.6 is 0 Å². The molecule has 144 valence electrons. The average molecular weight is 374 g/mol. The largest absolute Gasteiger partial charge is 0.497 e. The first-order chi connectivity index (χ1) is 12.9. The van der Waals surface area contributed by atoms with Gasteiger partial charge >= 0.3 is 5.69 Å². The minimum absolute atomic E-state index is 0.117. The predicted molar refractivity (Wildman–Crippen MR) is 95.9 cm³/mol. The zero-order valence-corrected chi connectivity index (χ0v) is 15.2. The van der Waals surface area contributed by atoms with Crippen LogP contribution in [0.5, 0.6) is 5.75 Å². The van der Waals surface area contributed by atoms with Gasteiger partial charge in [0.05, 0.1) is 25.9 Å². The van der Waals surface area contributed by atoms with E-state index in [0.29, 0.717) is 17.7 Å². The third-order valence-electron chi connectivity index (χ3n) is 5.44. The Morgan fingerprint density at radius 1 is 1.22 bits per heavy atom. The molecule has 2 fully saturated rings. The second-order valence-electron chi connectivity index (χ2n) is 7.24. The van der Waals surface area contributed by atoms with Crippen LogP contribution < -0.4 is 16.0 Å². The van der Waals surface area contributed by atoms with Gasteiger partial charge in [0.2, 0.25) is 0 Å². The highest BCUT2D eigenvalue weighted by Gasteiger charge is 2.65. The Hall–Kier alpha value is -2.42. The van der Waals surface area contributed by atoms with E-state index in [0.717, 1.165) is 10.1 Å². The molecular formula is C19H22N2O6. The lowest BCUT2D eigenvalue weighted by molar-refractivity contribution is -0.0610. The van der Waals surface area contributed by atoms with Crippen molar-refractivity contribution in [3.05, 3.63) is 62.4 Å². The van der Waals surface area contributed by atoms with Crippen LogP contribution in [-0.4, -0.2) is 44.3 Å². The van der Waals surface area contributed by atoms with Gasteiger partial charge in [-0.05, 0) is 24.6 Å². The molecule has 1 saturated heterocycles. The average Bonchev–Trinajstić information content (AvgIpc) is 3.19. The summed E-state index contributed by atoms with van der Waals surface area (Å²) < 4.78 is 13.4. The summed E-state index contributed by atoms with van der Waals surface area (Å²) in [4.78, 5) is 25.5. The Kier molecular flexibility index (Phi) is 4.21. The molecule has 4 atom stereocenters. The fourth-order valence-electron chi connectivity index (χ4n) is 3.69. The molecule has 1 unspecified atom stereocenters. The van der Waals surface area contributed by atoms with E-state index in [1.165, 1.54) is 10.8 Å². The van der Waals surface area contributed by atoms with Crippen molar-refractivity contribution in [3.63, 3.8) is 0 Å². The third-order valence-corrected chi connectivity index (χ3v) is 5.44. The van der Waals surface area contributed by atoms with Crippen LogP contribution in [-0.2, 0) is 11.3 Å². The second-order valence-corrected chi connectivity index (χ2v) is 7.24. The first-order valence-corrected chi connectivity index (χ1v) is 8.85. The number of aliphatic hydroxyl groups is 2. The molecule has 4 rings (SSSR count). The smallest absolute Gasteiger partial charge is 0.333 e. The molecule has 1 aliphatic heterocycles. The summed E-state index contributed by atoms with van der Waals surface area (Å²) in [6.45, 7) is 1.75. The minimum atomic E-state index is -0.977. The molecule has 1 aromatic carbocycles. The first-order valence-electron chi connectivity index (χ1n) is 8.85. The molecular weight excluding hydrogens is 352 g/mol. The highest BCUT2D eigenvalue weighted by molar-refractivity contribution is 5.27. The number of rotatable bonds is 4. The maximum Gasteiger partial charge on any atom is 0.333 e. The first kappa shape index (κ1) is 18.0. The van der Waals surface area contributed by atoms with E-state index < -0.39 is 29.7 Å². The molecule has 1 saturated carbocycles. The molecule has 2 aromatic rings. The lowest BCUT2D eigenvalue weighted by atomic mass is 10.1. The van der Waals surface area contributed by atoms with Crippen molar-refractivity contribution in [1.82, 2.24) is 9.13 Å². The predicted octanol–water partition coefficient (Wildman–Crippen LogP) is 0.159. The van der Waals surface area contributed by atoms with Gasteiger partial charge in [-0.3, -0.25) is 13.9 Å². The van der Waals surface area contributed by atoms with E-state index in [1.54, 1.807) is 38.3 Å². The van der Waals surface area contributed by atoms with Crippen molar-refractivity contribution in [2.24, 2.45) is 0 Å². The lowest BCUT2D eigenvalue weighted by Gasteiger charge is -2.18. The molecule has 1 aliphatic carbocycles. The summed E-state index contributed by atoms with van der Waals surface area (Å²) >= 11 is 0. The maximum atomic E-state index is 13.0. The van der Waals surface area contributed by atoms with Crippen LogP contribution in [0.15, 0.2) is 40.1 Å². The van der Waals surface area contributed by atoms with Crippen molar-refractivity contribution >= 4 is 0 Å². The SMILES string of the molecule is COc1ccc(Cn2c(=O)c(C)cn([C@H]3CC(O)[C@@]4(C[C@@H]4O)O3)c2=O)cc1. The van der Waals surface area contributed by atoms with Crippen molar-refractivity contribution in [2.45, 2.75) is 50.3 Å². The summed E-state index contributed by atoms with van der Waals surface area (Å²) in [7, 11) is 1.57. The molecule has 0 amide bonds. The summed E-state index contributed by atoms with van der Waals surface area (Å²) in [5.41, 5.74) is -0.667. The molecule has 0 bridgehead atoms. The van der Waals surface area contributed by atoms with E-state index in [9.17, 15) is 19.8 Å². The third kappa shape index (κ3) is 2.90. The van der Waals surface area contributed by atoms with Gasteiger partial charge in [-0.2, -0.15) is 0 Å². The highest BCUT2D eigenvalue weighted by atomic mass is 16.6. The van der Waals surface area contributed by atoms with Crippen LogP contribution in [0.3, 0.4) is 0 Å². The van der Waals surface area contributed by atoms with Crippen LogP contribution in [0.1, 0.15) is 30.2 Å². The molecule has 1 aromatic heterocycles. The van der Waals surface area contributed by atoms with Crippen LogP contribution in [0.25, 0.3) is 0 Å². The second kappa shape index (κ2) is 6.33. The lowest BCUT2D eigenvalue weighted by Crippen LogP contribution is -2.42. The van der Waals surface area contributed by atoms with E-state index in [1.807, 2.05) is 0 Å². The summed E-state index contributed by atoms with van der Waals surface area (Å²) in [5, 5.41) is 20.0. The van der Waals surface area contributed by atoms with E-state index in [2.05, 4.69) is 0 Å². The van der Waals surface area contributed by atoms with Crippen molar-refractivity contribution in [1.29, 1.82) is 0 Å². The van der Waals surface area contributed by atoms with Gasteiger partial charge in [-0.25, -0.2) is 4.79 Å². The van der Waals surface area contributed by atoms with Gasteiger partial charge < -0.3 is 19.7 Å². The fraction of sp³-hybridized carbons (Fsp3) is 0.474. The summed E-state index contributed by atoms with van der Waals surface area (Å²) in [6, 6.07) is 7.12. The van der Waals surface area contributed by atoms with Crippen LogP contribution in [0.2, 0.25) is 0 Å². The van der Waals surface area contributed by atoms with Gasteiger partial charge in [0.1, 0.15) is 17.6 Å². The van der Waals surface area contributed by atoms with Crippen molar-refractivity contribution in [2.75, 3.05) is 7.11 Å². The normalized spacial score (nSPS) is 29.3. The molecule has 2 aliphatic rings. The Bertz CT molecular complexity index is 979. The Labute approximate surface area is 155 Å². The molecule has 8 heteroatoms. The Morgan fingerprint density at radius 3 is 2.44 bits per heavy atom. The zero-order chi connectivity index (χ0) is 19.3. The standard InChI is InChI=1S/C19H22N2O6/c1-11-9-20(16-7-14(22)19(27-16)8-15(19)23)18(25)21(17(11)24)10-12-3-5-13(26-2)6-4-12/h3-6,9,14-16,22-23H,7-8,10H2,1-2H3/t14?,15-,16+,19+/m0/s1. The number of hydrogen-bond acceptors (Lipinski definition) is 6. The van der Waals surface area contributed by atoms with Gasteiger partial charge in [-0.15, -0.1) is 0 Å². The number of ether oxygens (including phenoxy) is 2. The molecule has 1 spiro atoms. The summed E-state index contributed by atoms with van der Waals surface area (Å²) in [6.07, 6.45) is -0.279. The monoisotopic (exact) mass is 374 g/mol. The van der Waals surface area contributed by atoms with Crippen LogP contribution in [0, 0.1) is 6.92 Å². The maximum absolute atomic E-state index is 13.0. The van der Waals surface area contributed by atoms with E-state index in [4.69, 9.17) is 9.47 Å². The molecule has 0 radical (unpaired) electrons. The number of methoxy groups -OCH3 is 1. The van der Waals surface area contributed by atoms with Crippen molar-refractivity contribution < 1.29 is 19.7 Å².